The molecule has 1 aromatic rings. The Morgan fingerprint density at radius 1 is 1.28 bits per heavy atom. The molecule has 0 amide bonds. The molecule has 0 unspecified atom stereocenters. The first-order valence-corrected chi connectivity index (χ1v) is 7.28. The average molecular weight is 247 g/mol. The van der Waals surface area contributed by atoms with Crippen molar-refractivity contribution in [2.45, 2.75) is 65.0 Å². The van der Waals surface area contributed by atoms with Gasteiger partial charge in [0.15, 0.2) is 0 Å². The van der Waals surface area contributed by atoms with Gasteiger partial charge in [0.2, 0.25) is 0 Å². The predicted molar refractivity (Wildman–Crippen MR) is 73.8 cm³/mol. The van der Waals surface area contributed by atoms with Gasteiger partial charge in [-0.3, -0.25) is 0 Å². The highest BCUT2D eigenvalue weighted by molar-refractivity contribution is 5.25. The zero-order chi connectivity index (χ0) is 12.9. The first-order valence-electron chi connectivity index (χ1n) is 7.28. The van der Waals surface area contributed by atoms with E-state index >= 15 is 0 Å². The van der Waals surface area contributed by atoms with E-state index in [2.05, 4.69) is 37.6 Å². The number of aromatic nitrogens is 2. The van der Waals surface area contributed by atoms with E-state index in [0.717, 1.165) is 25.4 Å². The molecule has 0 atom stereocenters. The van der Waals surface area contributed by atoms with Crippen molar-refractivity contribution in [1.82, 2.24) is 14.9 Å². The van der Waals surface area contributed by atoms with Crippen LogP contribution in [0.4, 0.5) is 0 Å². The van der Waals surface area contributed by atoms with Crippen molar-refractivity contribution >= 4 is 0 Å². The zero-order valence-corrected chi connectivity index (χ0v) is 12.1. The molecule has 1 saturated carbocycles. The van der Waals surface area contributed by atoms with Crippen LogP contribution in [0.5, 0.6) is 0 Å². The summed E-state index contributed by atoms with van der Waals surface area (Å²) < 4.78 is 2.59. The van der Waals surface area contributed by atoms with Crippen molar-refractivity contribution in [2.24, 2.45) is 5.92 Å². The van der Waals surface area contributed by atoms with Crippen LogP contribution < -0.4 is 5.32 Å². The van der Waals surface area contributed by atoms with Crippen LogP contribution in [0.15, 0.2) is 0 Å². The van der Waals surface area contributed by atoms with Gasteiger partial charge in [0.1, 0.15) is 5.82 Å². The van der Waals surface area contributed by atoms with Crippen LogP contribution in [0.25, 0.3) is 0 Å². The van der Waals surface area contributed by atoms with E-state index in [0.29, 0.717) is 6.04 Å². The minimum absolute atomic E-state index is 0.149. The van der Waals surface area contributed by atoms with Gasteiger partial charge in [0, 0.05) is 36.7 Å². The van der Waals surface area contributed by atoms with Crippen molar-refractivity contribution in [3.8, 4) is 0 Å². The number of imidazole rings is 1. The molecule has 3 heteroatoms. The number of nitrogens with one attached hydrogen (secondary N) is 1. The summed E-state index contributed by atoms with van der Waals surface area (Å²) in [6, 6.07) is 0.712. The summed E-state index contributed by atoms with van der Waals surface area (Å²) in [5.41, 5.74) is 2.96. The molecular weight excluding hydrogens is 222 g/mol. The van der Waals surface area contributed by atoms with E-state index in [1.54, 1.807) is 0 Å². The van der Waals surface area contributed by atoms with Crippen molar-refractivity contribution in [3.05, 3.63) is 17.2 Å². The van der Waals surface area contributed by atoms with Crippen LogP contribution in [0.1, 0.15) is 63.8 Å². The van der Waals surface area contributed by atoms with Crippen LogP contribution in [0.2, 0.25) is 0 Å². The summed E-state index contributed by atoms with van der Waals surface area (Å²) in [6.07, 6.45) is 3.81. The van der Waals surface area contributed by atoms with Gasteiger partial charge < -0.3 is 9.88 Å². The summed E-state index contributed by atoms with van der Waals surface area (Å²) in [6.45, 7) is 11.3. The lowest BCUT2D eigenvalue weighted by Crippen LogP contribution is -2.32. The second kappa shape index (κ2) is 4.09. The number of hydrogen-bond donors (Lipinski definition) is 1. The van der Waals surface area contributed by atoms with Crippen LogP contribution >= 0.6 is 0 Å². The molecule has 1 aliphatic carbocycles. The van der Waals surface area contributed by atoms with Crippen LogP contribution in [-0.2, 0) is 18.4 Å². The first kappa shape index (κ1) is 12.2. The van der Waals surface area contributed by atoms with E-state index in [1.807, 2.05) is 0 Å². The third-order valence-corrected chi connectivity index (χ3v) is 4.31. The predicted octanol–water partition coefficient (Wildman–Crippen LogP) is 2.80. The minimum Gasteiger partial charge on any atom is -0.328 e. The Bertz CT molecular complexity index is 447. The molecular formula is C15H25N3. The van der Waals surface area contributed by atoms with Crippen LogP contribution in [-0.4, -0.2) is 16.1 Å². The number of hydrogen-bond acceptors (Lipinski definition) is 2. The monoisotopic (exact) mass is 247 g/mol. The number of nitrogens with zero attached hydrogens (tertiary/aromatic N) is 2. The standard InChI is InChI=1S/C15H25N3/c1-10-7-11(8-10)18-13-5-6-16-9-12(13)17-14(18)15(2,3)4/h10-11,16H,5-9H2,1-4H3. The molecule has 0 aromatic carbocycles. The molecule has 2 heterocycles. The highest BCUT2D eigenvalue weighted by Crippen LogP contribution is 2.41. The van der Waals surface area contributed by atoms with Crippen molar-refractivity contribution in [1.29, 1.82) is 0 Å². The van der Waals surface area contributed by atoms with E-state index in [9.17, 15) is 0 Å². The van der Waals surface area contributed by atoms with Gasteiger partial charge in [-0.25, -0.2) is 4.98 Å². The summed E-state index contributed by atoms with van der Waals surface area (Å²) in [5, 5.41) is 3.44. The molecule has 1 N–H and O–H groups in total. The molecule has 0 spiro atoms. The van der Waals surface area contributed by atoms with Crippen LogP contribution in [0.3, 0.4) is 0 Å². The Hall–Kier alpha value is -0.830. The smallest absolute Gasteiger partial charge is 0.114 e. The molecule has 2 aliphatic rings. The average Bonchev–Trinajstić information content (AvgIpc) is 2.63. The van der Waals surface area contributed by atoms with Crippen molar-refractivity contribution < 1.29 is 0 Å². The Balaban J connectivity index is 2.05. The van der Waals surface area contributed by atoms with E-state index < -0.39 is 0 Å². The molecule has 0 bridgehead atoms. The van der Waals surface area contributed by atoms with Crippen molar-refractivity contribution in [2.75, 3.05) is 6.54 Å². The molecule has 100 valence electrons. The highest BCUT2D eigenvalue weighted by atomic mass is 15.2. The molecule has 18 heavy (non-hydrogen) atoms. The van der Waals surface area contributed by atoms with Gasteiger partial charge in [0.05, 0.1) is 5.69 Å². The van der Waals surface area contributed by atoms with Gasteiger partial charge in [-0.05, 0) is 18.8 Å². The summed E-state index contributed by atoms with van der Waals surface area (Å²) in [5.74, 6) is 2.19. The molecule has 3 nitrogen and oxygen atoms in total. The molecule has 1 fully saturated rings. The largest absolute Gasteiger partial charge is 0.328 e. The van der Waals surface area contributed by atoms with Gasteiger partial charge in [-0.1, -0.05) is 27.7 Å². The van der Waals surface area contributed by atoms with Gasteiger partial charge >= 0.3 is 0 Å². The van der Waals surface area contributed by atoms with Gasteiger partial charge in [0.25, 0.3) is 0 Å². The summed E-state index contributed by atoms with van der Waals surface area (Å²) in [7, 11) is 0. The Kier molecular flexibility index (Phi) is 2.77. The van der Waals surface area contributed by atoms with Crippen LogP contribution in [0, 0.1) is 5.92 Å². The highest BCUT2D eigenvalue weighted by Gasteiger charge is 2.35. The Morgan fingerprint density at radius 3 is 2.61 bits per heavy atom. The second-order valence-corrected chi connectivity index (χ2v) is 7.11. The Morgan fingerprint density at radius 2 is 2.00 bits per heavy atom. The summed E-state index contributed by atoms with van der Waals surface area (Å²) >= 11 is 0. The second-order valence-electron chi connectivity index (χ2n) is 7.11. The van der Waals surface area contributed by atoms with Crippen molar-refractivity contribution in [3.63, 3.8) is 0 Å². The first-order chi connectivity index (χ1) is 8.47. The summed E-state index contributed by atoms with van der Waals surface area (Å²) in [4.78, 5) is 4.95. The fraction of sp³-hybridized carbons (Fsp3) is 0.800. The molecule has 0 radical (unpaired) electrons. The van der Waals surface area contributed by atoms with Gasteiger partial charge in [-0.2, -0.15) is 0 Å². The third-order valence-electron chi connectivity index (χ3n) is 4.31. The molecule has 1 aromatic heterocycles. The number of fused-ring (bicyclic) bond motifs is 1. The van der Waals surface area contributed by atoms with Gasteiger partial charge in [-0.15, -0.1) is 0 Å². The Labute approximate surface area is 110 Å². The third kappa shape index (κ3) is 1.89. The quantitative estimate of drug-likeness (QED) is 0.827. The molecule has 1 aliphatic heterocycles. The normalized spacial score (nSPS) is 27.8. The number of rotatable bonds is 1. The van der Waals surface area contributed by atoms with E-state index in [4.69, 9.17) is 4.98 Å². The van der Waals surface area contributed by atoms with E-state index in [1.165, 1.54) is 30.1 Å². The maximum absolute atomic E-state index is 4.95. The minimum atomic E-state index is 0.149. The topological polar surface area (TPSA) is 29.9 Å². The maximum atomic E-state index is 4.95. The fourth-order valence-electron chi connectivity index (χ4n) is 3.33. The lowest BCUT2D eigenvalue weighted by molar-refractivity contribution is 0.202. The molecule has 0 saturated heterocycles. The van der Waals surface area contributed by atoms with E-state index in [-0.39, 0.29) is 5.41 Å². The lowest BCUT2D eigenvalue weighted by Gasteiger charge is -2.38. The SMILES string of the molecule is CC1CC(n2c(C(C)(C)C)nc3c2CCNC3)C1. The maximum Gasteiger partial charge on any atom is 0.114 e. The zero-order valence-electron chi connectivity index (χ0n) is 12.1. The molecule has 3 rings (SSSR count). The fourth-order valence-corrected chi connectivity index (χ4v) is 3.33. The lowest BCUT2D eigenvalue weighted by atomic mass is 9.80.